The lowest BCUT2D eigenvalue weighted by Gasteiger charge is -2.20. The van der Waals surface area contributed by atoms with Gasteiger partial charge in [0.25, 0.3) is 0 Å². The molecule has 0 aromatic rings. The van der Waals surface area contributed by atoms with Crippen molar-refractivity contribution in [3.8, 4) is 0 Å². The molecule has 0 aliphatic carbocycles. The molecule has 0 aromatic heterocycles. The lowest BCUT2D eigenvalue weighted by atomic mass is 9.90. The molecule has 4 heteroatoms. The van der Waals surface area contributed by atoms with Crippen LogP contribution >= 0.6 is 0 Å². The average molecular weight is 300 g/mol. The summed E-state index contributed by atoms with van der Waals surface area (Å²) in [6.07, 6.45) is 2.41. The molecule has 0 saturated carbocycles. The van der Waals surface area contributed by atoms with Crippen LogP contribution in [0.15, 0.2) is 0 Å². The Labute approximate surface area is 129 Å². The van der Waals surface area contributed by atoms with E-state index in [0.29, 0.717) is 25.6 Å². The predicted octanol–water partition coefficient (Wildman–Crippen LogP) is 3.83. The van der Waals surface area contributed by atoms with E-state index >= 15 is 0 Å². The zero-order valence-electron chi connectivity index (χ0n) is 14.5. The van der Waals surface area contributed by atoms with Gasteiger partial charge in [-0.2, -0.15) is 0 Å². The molecular weight excluding hydrogens is 268 g/mol. The molecule has 0 saturated heterocycles. The minimum atomic E-state index is -0.785. The molecule has 4 nitrogen and oxygen atoms in total. The van der Waals surface area contributed by atoms with Crippen LogP contribution in [0.25, 0.3) is 0 Å². The number of hydrogen-bond acceptors (Lipinski definition) is 4. The molecule has 21 heavy (non-hydrogen) atoms. The van der Waals surface area contributed by atoms with Crippen LogP contribution in [0.2, 0.25) is 0 Å². The first-order chi connectivity index (χ1) is 9.81. The van der Waals surface area contributed by atoms with Crippen molar-refractivity contribution in [2.75, 3.05) is 13.2 Å². The molecule has 0 unspecified atom stereocenters. The molecule has 0 spiro atoms. The Morgan fingerprint density at radius 3 is 1.48 bits per heavy atom. The van der Waals surface area contributed by atoms with Crippen LogP contribution in [0.1, 0.15) is 60.8 Å². The van der Waals surface area contributed by atoms with Crippen LogP contribution in [-0.4, -0.2) is 25.2 Å². The normalized spacial score (nSPS) is 11.5. The Balaban J connectivity index is 4.73. The van der Waals surface area contributed by atoms with E-state index in [1.165, 1.54) is 0 Å². The van der Waals surface area contributed by atoms with Gasteiger partial charge < -0.3 is 9.47 Å². The van der Waals surface area contributed by atoms with E-state index in [1.807, 2.05) is 27.7 Å². The first-order valence-corrected chi connectivity index (χ1v) is 8.14. The molecule has 0 atom stereocenters. The number of rotatable bonds is 10. The minimum absolute atomic E-state index is 0.259. The number of ether oxygens (including phenoxy) is 2. The van der Waals surface area contributed by atoms with E-state index in [2.05, 4.69) is 13.8 Å². The second-order valence-corrected chi connectivity index (χ2v) is 6.52. The van der Waals surface area contributed by atoms with Crippen LogP contribution in [0.3, 0.4) is 0 Å². The number of esters is 2. The molecule has 0 fully saturated rings. The molecular formula is C17H32O4. The van der Waals surface area contributed by atoms with Crippen LogP contribution < -0.4 is 0 Å². The lowest BCUT2D eigenvalue weighted by molar-refractivity contribution is -0.164. The molecule has 0 heterocycles. The maximum atomic E-state index is 12.2. The number of hydrogen-bond donors (Lipinski definition) is 0. The number of carbonyl (C=O) groups is 2. The standard InChI is InChI=1S/C17H32O4/c1-7-14(8-2)9-15(16(18)20-10-12(3)4)17(19)21-11-13(5)6/h12-15H,7-11H2,1-6H3. The van der Waals surface area contributed by atoms with Gasteiger partial charge in [-0.1, -0.05) is 54.4 Å². The van der Waals surface area contributed by atoms with Gasteiger partial charge in [0, 0.05) is 0 Å². The van der Waals surface area contributed by atoms with E-state index in [9.17, 15) is 9.59 Å². The summed E-state index contributed by atoms with van der Waals surface area (Å²) in [6.45, 7) is 12.7. The van der Waals surface area contributed by atoms with Gasteiger partial charge in [-0.3, -0.25) is 9.59 Å². The van der Waals surface area contributed by atoms with Gasteiger partial charge in [0.05, 0.1) is 13.2 Å². The monoisotopic (exact) mass is 300 g/mol. The third kappa shape index (κ3) is 8.74. The van der Waals surface area contributed by atoms with Gasteiger partial charge in [-0.25, -0.2) is 0 Å². The van der Waals surface area contributed by atoms with Crippen molar-refractivity contribution < 1.29 is 19.1 Å². The SMILES string of the molecule is CCC(CC)CC(C(=O)OCC(C)C)C(=O)OCC(C)C. The maximum absolute atomic E-state index is 12.2. The summed E-state index contributed by atoms with van der Waals surface area (Å²) in [5.41, 5.74) is 0. The molecule has 0 rings (SSSR count). The van der Waals surface area contributed by atoms with Crippen molar-refractivity contribution in [1.29, 1.82) is 0 Å². The second-order valence-electron chi connectivity index (χ2n) is 6.52. The maximum Gasteiger partial charge on any atom is 0.320 e. The predicted molar refractivity (Wildman–Crippen MR) is 83.8 cm³/mol. The third-order valence-electron chi connectivity index (χ3n) is 3.41. The highest BCUT2D eigenvalue weighted by Crippen LogP contribution is 2.22. The Morgan fingerprint density at radius 2 is 1.19 bits per heavy atom. The molecule has 0 amide bonds. The molecule has 0 aliphatic rings. The smallest absolute Gasteiger partial charge is 0.320 e. The van der Waals surface area contributed by atoms with Gasteiger partial charge in [-0.15, -0.1) is 0 Å². The van der Waals surface area contributed by atoms with Crippen molar-refractivity contribution in [1.82, 2.24) is 0 Å². The highest BCUT2D eigenvalue weighted by Gasteiger charge is 2.32. The van der Waals surface area contributed by atoms with Gasteiger partial charge in [0.1, 0.15) is 0 Å². The van der Waals surface area contributed by atoms with E-state index < -0.39 is 17.9 Å². The Morgan fingerprint density at radius 1 is 0.810 bits per heavy atom. The van der Waals surface area contributed by atoms with E-state index in [1.54, 1.807) is 0 Å². The van der Waals surface area contributed by atoms with Crippen LogP contribution in [0.4, 0.5) is 0 Å². The zero-order chi connectivity index (χ0) is 16.4. The fraction of sp³-hybridized carbons (Fsp3) is 0.882. The molecule has 0 aromatic carbocycles. The highest BCUT2D eigenvalue weighted by molar-refractivity contribution is 5.94. The fourth-order valence-electron chi connectivity index (χ4n) is 1.94. The second kappa shape index (κ2) is 10.6. The summed E-state index contributed by atoms with van der Waals surface area (Å²) in [5, 5.41) is 0. The van der Waals surface area contributed by atoms with Crippen LogP contribution in [0.5, 0.6) is 0 Å². The van der Waals surface area contributed by atoms with Crippen LogP contribution in [0, 0.1) is 23.7 Å². The molecule has 0 N–H and O–H groups in total. The first-order valence-electron chi connectivity index (χ1n) is 8.14. The van der Waals surface area contributed by atoms with Crippen molar-refractivity contribution in [3.05, 3.63) is 0 Å². The van der Waals surface area contributed by atoms with Crippen molar-refractivity contribution in [3.63, 3.8) is 0 Å². The van der Waals surface area contributed by atoms with E-state index in [0.717, 1.165) is 12.8 Å². The Bertz CT molecular complexity index is 282. The third-order valence-corrected chi connectivity index (χ3v) is 3.41. The lowest BCUT2D eigenvalue weighted by Crippen LogP contribution is -2.31. The summed E-state index contributed by atoms with van der Waals surface area (Å²) in [5.74, 6) is -0.807. The molecule has 0 bridgehead atoms. The van der Waals surface area contributed by atoms with Crippen molar-refractivity contribution in [2.45, 2.75) is 60.8 Å². The Hall–Kier alpha value is -1.06. The summed E-state index contributed by atoms with van der Waals surface area (Å²) < 4.78 is 10.5. The average Bonchev–Trinajstić information content (AvgIpc) is 2.43. The van der Waals surface area contributed by atoms with Crippen LogP contribution in [-0.2, 0) is 19.1 Å². The van der Waals surface area contributed by atoms with E-state index in [-0.39, 0.29) is 11.8 Å². The summed E-state index contributed by atoms with van der Waals surface area (Å²) in [7, 11) is 0. The summed E-state index contributed by atoms with van der Waals surface area (Å²) in [4.78, 5) is 24.4. The van der Waals surface area contributed by atoms with Gasteiger partial charge >= 0.3 is 11.9 Å². The first kappa shape index (κ1) is 19.9. The topological polar surface area (TPSA) is 52.6 Å². The van der Waals surface area contributed by atoms with Gasteiger partial charge in [0.15, 0.2) is 5.92 Å². The van der Waals surface area contributed by atoms with Gasteiger partial charge in [-0.05, 0) is 24.2 Å². The molecule has 0 radical (unpaired) electrons. The minimum Gasteiger partial charge on any atom is -0.465 e. The van der Waals surface area contributed by atoms with Gasteiger partial charge in [0.2, 0.25) is 0 Å². The highest BCUT2D eigenvalue weighted by atomic mass is 16.6. The quantitative estimate of drug-likeness (QED) is 0.454. The molecule has 0 aliphatic heterocycles. The van der Waals surface area contributed by atoms with Crippen molar-refractivity contribution >= 4 is 11.9 Å². The van der Waals surface area contributed by atoms with E-state index in [4.69, 9.17) is 9.47 Å². The summed E-state index contributed by atoms with van der Waals surface area (Å²) >= 11 is 0. The largest absolute Gasteiger partial charge is 0.465 e. The van der Waals surface area contributed by atoms with Crippen molar-refractivity contribution in [2.24, 2.45) is 23.7 Å². The summed E-state index contributed by atoms with van der Waals surface area (Å²) in [6, 6.07) is 0. The zero-order valence-corrected chi connectivity index (χ0v) is 14.5. The fourth-order valence-corrected chi connectivity index (χ4v) is 1.94. The Kier molecular flexibility index (Phi) is 10.1. The number of carbonyl (C=O) groups excluding carboxylic acids is 2. The molecule has 124 valence electrons.